The van der Waals surface area contributed by atoms with E-state index in [1.54, 1.807) is 24.3 Å². The number of benzene rings is 1. The van der Waals surface area contributed by atoms with E-state index in [4.69, 9.17) is 9.47 Å². The average molecular weight is 751 g/mol. The molecule has 0 radical (unpaired) electrons. The summed E-state index contributed by atoms with van der Waals surface area (Å²) in [7, 11) is -2.88. The maximum Gasteiger partial charge on any atom is 0.259 e. The van der Waals surface area contributed by atoms with E-state index < -0.39 is 81.8 Å². The van der Waals surface area contributed by atoms with E-state index in [9.17, 15) is 36.0 Å². The number of hydrogen-bond acceptors (Lipinski definition) is 10. The van der Waals surface area contributed by atoms with Crippen molar-refractivity contribution in [2.45, 2.75) is 93.7 Å². The average Bonchev–Trinajstić information content (AvgIpc) is 4.01. The van der Waals surface area contributed by atoms with E-state index in [0.29, 0.717) is 36.0 Å². The smallest absolute Gasteiger partial charge is 0.259 e. The fourth-order valence-electron chi connectivity index (χ4n) is 7.38. The molecule has 1 aromatic heterocycles. The van der Waals surface area contributed by atoms with E-state index in [1.165, 1.54) is 18.2 Å². The lowest BCUT2D eigenvalue weighted by atomic mass is 9.88. The van der Waals surface area contributed by atoms with Gasteiger partial charge in [0, 0.05) is 18.4 Å². The molecule has 0 bridgehead atoms. The fraction of sp³-hybridized carbons (Fsp3) is 0.629. The number of methoxy groups -OCH3 is 1. The van der Waals surface area contributed by atoms with E-state index in [1.807, 2.05) is 24.6 Å². The van der Waals surface area contributed by atoms with Gasteiger partial charge in [0.05, 0.1) is 43.5 Å². The van der Waals surface area contributed by atoms with Crippen molar-refractivity contribution in [1.82, 2.24) is 30.2 Å². The van der Waals surface area contributed by atoms with Crippen LogP contribution in [0.1, 0.15) is 58.8 Å². The van der Waals surface area contributed by atoms with Crippen molar-refractivity contribution < 1.29 is 45.4 Å². The van der Waals surface area contributed by atoms with Gasteiger partial charge in [0.25, 0.3) is 12.3 Å². The van der Waals surface area contributed by atoms with Crippen LogP contribution in [0.25, 0.3) is 11.0 Å². The Morgan fingerprint density at radius 2 is 1.94 bits per heavy atom. The second-order valence-electron chi connectivity index (χ2n) is 14.7. The van der Waals surface area contributed by atoms with Crippen LogP contribution in [0.15, 0.2) is 36.5 Å². The highest BCUT2D eigenvalue weighted by atomic mass is 32.2. The number of rotatable bonds is 10. The number of alkyl halides is 3. The minimum Gasteiger partial charge on any atom is -0.497 e. The van der Waals surface area contributed by atoms with Gasteiger partial charge in [-0.25, -0.2) is 31.6 Å². The van der Waals surface area contributed by atoms with Crippen molar-refractivity contribution >= 4 is 38.8 Å². The van der Waals surface area contributed by atoms with Crippen LogP contribution in [0.3, 0.4) is 0 Å². The number of ether oxygens (including phenoxy) is 2. The molecular formula is C35H45F3N6O7S. The Kier molecular flexibility index (Phi) is 10.7. The number of fused-ring (bicyclic) bond motifs is 3. The molecule has 2 aliphatic carbocycles. The molecule has 2 saturated carbocycles. The predicted molar refractivity (Wildman–Crippen MR) is 184 cm³/mol. The Hall–Kier alpha value is -3.99. The summed E-state index contributed by atoms with van der Waals surface area (Å²) in [5.74, 6) is -2.50. The van der Waals surface area contributed by atoms with Gasteiger partial charge in [-0.1, -0.05) is 26.0 Å². The molecule has 1 aromatic carbocycles. The van der Waals surface area contributed by atoms with Gasteiger partial charge in [0.1, 0.15) is 34.9 Å². The van der Waals surface area contributed by atoms with Crippen LogP contribution >= 0.6 is 0 Å². The lowest BCUT2D eigenvalue weighted by Crippen LogP contribution is -2.59. The number of nitrogens with zero attached hydrogens (tertiary/aromatic N) is 3. The van der Waals surface area contributed by atoms with Gasteiger partial charge in [0.15, 0.2) is 0 Å². The van der Waals surface area contributed by atoms with Gasteiger partial charge in [-0.2, -0.15) is 0 Å². The molecule has 7 unspecified atom stereocenters. The topological polar surface area (TPSA) is 169 Å². The van der Waals surface area contributed by atoms with Crippen molar-refractivity contribution in [2.75, 3.05) is 26.9 Å². The van der Waals surface area contributed by atoms with E-state index >= 15 is 0 Å². The summed E-state index contributed by atoms with van der Waals surface area (Å²) in [6.45, 7) is 1.81. The summed E-state index contributed by atoms with van der Waals surface area (Å²) >= 11 is 0. The largest absolute Gasteiger partial charge is 0.497 e. The lowest BCUT2D eigenvalue weighted by Gasteiger charge is -2.33. The molecule has 1 saturated heterocycles. The van der Waals surface area contributed by atoms with Crippen LogP contribution in [0.2, 0.25) is 0 Å². The molecule has 2 aliphatic heterocycles. The van der Waals surface area contributed by atoms with Crippen LogP contribution in [0.5, 0.6) is 11.6 Å². The summed E-state index contributed by atoms with van der Waals surface area (Å²) < 4.78 is 78.7. The zero-order chi connectivity index (χ0) is 37.4. The second-order valence-corrected chi connectivity index (χ2v) is 16.7. The molecule has 3 fully saturated rings. The minimum absolute atomic E-state index is 0.0524. The summed E-state index contributed by atoms with van der Waals surface area (Å²) in [6, 6.07) is 2.86. The Labute approximate surface area is 300 Å². The third-order valence-corrected chi connectivity index (χ3v) is 12.9. The summed E-state index contributed by atoms with van der Waals surface area (Å²) in [5, 5.41) is 5.48. The van der Waals surface area contributed by atoms with Gasteiger partial charge >= 0.3 is 0 Å². The van der Waals surface area contributed by atoms with Gasteiger partial charge in [-0.15, -0.1) is 0 Å². The van der Waals surface area contributed by atoms with Crippen LogP contribution in [0.4, 0.5) is 13.2 Å². The van der Waals surface area contributed by atoms with Crippen molar-refractivity contribution in [1.29, 1.82) is 0 Å². The minimum atomic E-state index is -4.39. The quantitative estimate of drug-likeness (QED) is 0.307. The normalized spacial score (nSPS) is 30.5. The first-order chi connectivity index (χ1) is 24.7. The lowest BCUT2D eigenvalue weighted by molar-refractivity contribution is -0.142. The first-order valence-corrected chi connectivity index (χ1v) is 19.1. The number of sulfonamides is 1. The van der Waals surface area contributed by atoms with E-state index in [2.05, 4.69) is 20.6 Å². The highest BCUT2D eigenvalue weighted by molar-refractivity contribution is 7.91. The fourth-order valence-corrected chi connectivity index (χ4v) is 8.81. The first kappa shape index (κ1) is 37.8. The molecular weight excluding hydrogens is 705 g/mol. The number of halogens is 3. The highest BCUT2D eigenvalue weighted by Crippen LogP contribution is 2.48. The molecule has 3 N–H and O–H groups in total. The number of nitrogens with one attached hydrogen (secondary N) is 3. The Morgan fingerprint density at radius 1 is 1.17 bits per heavy atom. The third kappa shape index (κ3) is 7.70. The Bertz CT molecular complexity index is 1830. The maximum absolute atomic E-state index is 14.4. The molecule has 0 spiro atoms. The van der Waals surface area contributed by atoms with Gasteiger partial charge in [0.2, 0.25) is 27.7 Å². The summed E-state index contributed by atoms with van der Waals surface area (Å²) in [4.78, 5) is 52.5. The molecule has 17 heteroatoms. The van der Waals surface area contributed by atoms with Crippen LogP contribution in [-0.2, 0) is 24.4 Å². The van der Waals surface area contributed by atoms with Crippen LogP contribution in [0, 0.1) is 17.8 Å². The van der Waals surface area contributed by atoms with Crippen LogP contribution < -0.4 is 24.8 Å². The van der Waals surface area contributed by atoms with Crippen molar-refractivity contribution in [3.8, 4) is 11.6 Å². The number of aromatic nitrogens is 2. The SMILES string of the molecule is COc1ccc2ncc(OC3CC4C(=O)NC5(C(=O)NS(=O)(=O)C6(CF)CC6)CC5C=CCCC(C)CC(C)C(NCC(F)F)C(=O)N4C3)nc2c1. The molecule has 6 rings (SSSR count). The third-order valence-electron chi connectivity index (χ3n) is 10.8. The number of allylic oxidation sites excluding steroid dienone is 1. The molecule has 13 nitrogen and oxygen atoms in total. The molecule has 7 atom stereocenters. The monoisotopic (exact) mass is 750 g/mol. The number of carbonyl (C=O) groups excluding carboxylic acids is 3. The Balaban J connectivity index is 1.31. The van der Waals surface area contributed by atoms with Crippen molar-refractivity contribution in [3.05, 3.63) is 36.5 Å². The predicted octanol–water partition coefficient (Wildman–Crippen LogP) is 3.05. The van der Waals surface area contributed by atoms with E-state index in [0.717, 1.165) is 0 Å². The molecule has 2 aromatic rings. The van der Waals surface area contributed by atoms with Crippen LogP contribution in [-0.4, -0.2) is 103 Å². The standard InChI is InChI=1S/C35H45F3N6O7S/c1-20-6-4-5-7-22-15-35(22,33(47)43-52(48,49)34(19-36)10-11-34)42-31(45)27-14-24(18-44(27)32(46)30(21(2)12-20)40-16-28(37)38)51-29-17-39-25-9-8-23(50-3)13-26(25)41-29/h5,7-9,13,17,20-22,24,27-28,30,40H,4,6,10-12,14-16,18-19H2,1-3H3,(H,42,45)(H,43,47). The molecule has 3 heterocycles. The molecule has 3 amide bonds. The summed E-state index contributed by atoms with van der Waals surface area (Å²) in [5.41, 5.74) is -0.611. The van der Waals surface area contributed by atoms with Gasteiger partial charge < -0.3 is 25.0 Å². The van der Waals surface area contributed by atoms with Gasteiger partial charge in [-0.05, 0) is 62.5 Å². The highest BCUT2D eigenvalue weighted by Gasteiger charge is 2.64. The van der Waals surface area contributed by atoms with E-state index in [-0.39, 0.29) is 49.9 Å². The molecule has 4 aliphatic rings. The number of amides is 3. The van der Waals surface area contributed by atoms with Gasteiger partial charge in [-0.3, -0.25) is 19.1 Å². The zero-order valence-electron chi connectivity index (χ0n) is 29.3. The number of carbonyl (C=O) groups is 3. The molecule has 52 heavy (non-hydrogen) atoms. The maximum atomic E-state index is 14.4. The van der Waals surface area contributed by atoms with Crippen molar-refractivity contribution in [2.24, 2.45) is 17.8 Å². The summed E-state index contributed by atoms with van der Waals surface area (Å²) in [6.07, 6.45) is 3.53. The second kappa shape index (κ2) is 14.8. The van der Waals surface area contributed by atoms with Crippen molar-refractivity contribution in [3.63, 3.8) is 0 Å². The Morgan fingerprint density at radius 3 is 2.63 bits per heavy atom. The first-order valence-electron chi connectivity index (χ1n) is 17.6. The zero-order valence-corrected chi connectivity index (χ0v) is 30.1. The molecule has 284 valence electrons. The number of hydrogen-bond donors (Lipinski definition) is 3.